The highest BCUT2D eigenvalue weighted by molar-refractivity contribution is 7.49. The molecule has 29 heavy (non-hydrogen) atoms. The summed E-state index contributed by atoms with van der Waals surface area (Å²) in [5, 5.41) is 0. The highest BCUT2D eigenvalue weighted by Crippen LogP contribution is 2.49. The van der Waals surface area contributed by atoms with Gasteiger partial charge in [0.05, 0.1) is 12.2 Å². The van der Waals surface area contributed by atoms with Gasteiger partial charge in [0.25, 0.3) is 0 Å². The van der Waals surface area contributed by atoms with Gasteiger partial charge in [-0.25, -0.2) is 0 Å². The van der Waals surface area contributed by atoms with Gasteiger partial charge in [-0.05, 0) is 64.3 Å². The van der Waals surface area contributed by atoms with Crippen LogP contribution < -0.4 is 0 Å². The normalized spacial score (nSPS) is 27.4. The predicted molar refractivity (Wildman–Crippen MR) is 130 cm³/mol. The minimum atomic E-state index is -2.01. The van der Waals surface area contributed by atoms with Crippen molar-refractivity contribution in [1.82, 2.24) is 4.67 Å². The maximum atomic E-state index is 7.22. The highest BCUT2D eigenvalue weighted by Gasteiger charge is 2.53. The zero-order valence-electron chi connectivity index (χ0n) is 21.5. The molecular weight excluding hydrogens is 397 g/mol. The van der Waals surface area contributed by atoms with Crippen molar-refractivity contribution in [1.29, 1.82) is 0 Å². The van der Waals surface area contributed by atoms with Crippen LogP contribution in [0.3, 0.4) is 0 Å². The Balaban J connectivity index is 3.22. The second kappa shape index (κ2) is 11.4. The maximum Gasteiger partial charge on any atom is 0.201 e. The average Bonchev–Trinajstić information content (AvgIpc) is 2.85. The smallest absolute Gasteiger partial charge is 0.201 e. The van der Waals surface area contributed by atoms with Gasteiger partial charge in [0.15, 0.2) is 0 Å². The Labute approximate surface area is 184 Å². The highest BCUT2D eigenvalue weighted by atomic mass is 31.2. The van der Waals surface area contributed by atoms with E-state index < -0.39 is 16.6 Å². The number of rotatable bonds is 11. The Morgan fingerprint density at radius 2 is 1.31 bits per heavy atom. The SMILES string of the molecule is CC[C@H]1O[C@@H](C)[C@@H](O[Si](C(C)C)(C(C)C)C(C)C)C1OP(C)N(C(C)C)C(C)C. The molecule has 4 nitrogen and oxygen atoms in total. The van der Waals surface area contributed by atoms with Crippen LogP contribution in [0.2, 0.25) is 16.6 Å². The largest absolute Gasteiger partial charge is 0.408 e. The predicted octanol–water partition coefficient (Wildman–Crippen LogP) is 7.19. The summed E-state index contributed by atoms with van der Waals surface area (Å²) in [5.41, 5.74) is 1.67. The minimum Gasteiger partial charge on any atom is -0.408 e. The molecular formula is C23H50NO3PSi. The van der Waals surface area contributed by atoms with Crippen molar-refractivity contribution in [3.63, 3.8) is 0 Å². The lowest BCUT2D eigenvalue weighted by Crippen LogP contribution is -2.54. The zero-order chi connectivity index (χ0) is 22.7. The van der Waals surface area contributed by atoms with E-state index in [9.17, 15) is 0 Å². The van der Waals surface area contributed by atoms with Gasteiger partial charge >= 0.3 is 0 Å². The van der Waals surface area contributed by atoms with Crippen molar-refractivity contribution in [3.05, 3.63) is 0 Å². The van der Waals surface area contributed by atoms with E-state index in [1.807, 2.05) is 0 Å². The van der Waals surface area contributed by atoms with Gasteiger partial charge in [-0.1, -0.05) is 48.5 Å². The fourth-order valence-corrected chi connectivity index (χ4v) is 13.3. The molecule has 2 unspecified atom stereocenters. The fourth-order valence-electron chi connectivity index (χ4n) is 5.65. The van der Waals surface area contributed by atoms with Gasteiger partial charge in [-0.15, -0.1) is 0 Å². The lowest BCUT2D eigenvalue weighted by molar-refractivity contribution is 0.0194. The van der Waals surface area contributed by atoms with Crippen molar-refractivity contribution in [3.8, 4) is 0 Å². The Kier molecular flexibility index (Phi) is 10.8. The topological polar surface area (TPSA) is 30.9 Å². The van der Waals surface area contributed by atoms with E-state index >= 15 is 0 Å². The second-order valence-electron chi connectivity index (χ2n) is 10.3. The van der Waals surface area contributed by atoms with Crippen LogP contribution in [0.5, 0.6) is 0 Å². The lowest BCUT2D eigenvalue weighted by atomic mass is 10.1. The quantitative estimate of drug-likeness (QED) is 0.248. The third-order valence-corrected chi connectivity index (χ3v) is 14.9. The third-order valence-electron chi connectivity index (χ3n) is 6.65. The molecule has 0 aliphatic carbocycles. The standard InChI is InChI=1S/C23H50NO3PSi/c1-14-21-23(26-28(13)24(15(2)3)16(4)5)22(20(12)25-21)27-29(17(6)7,18(8)9)19(10)11/h15-23H,14H2,1-13H3/t20-,21+,22+,23?,28?/m0/s1. The van der Waals surface area contributed by atoms with Crippen LogP contribution in [-0.2, 0) is 13.7 Å². The van der Waals surface area contributed by atoms with Gasteiger partial charge < -0.3 is 13.7 Å². The Bertz CT molecular complexity index is 457. The second-order valence-corrected chi connectivity index (χ2v) is 17.3. The molecule has 1 aliphatic heterocycles. The molecule has 5 atom stereocenters. The molecule has 0 aromatic rings. The molecule has 0 bridgehead atoms. The Morgan fingerprint density at radius 1 is 0.862 bits per heavy atom. The third kappa shape index (κ3) is 6.05. The van der Waals surface area contributed by atoms with Crippen molar-refractivity contribution in [2.24, 2.45) is 0 Å². The summed E-state index contributed by atoms with van der Waals surface area (Å²) in [6.45, 7) is 29.8. The molecule has 1 saturated heterocycles. The van der Waals surface area contributed by atoms with E-state index in [1.54, 1.807) is 0 Å². The van der Waals surface area contributed by atoms with Gasteiger partial charge in [0.2, 0.25) is 8.32 Å². The molecule has 0 radical (unpaired) electrons. The fraction of sp³-hybridized carbons (Fsp3) is 1.00. The molecule has 0 N–H and O–H groups in total. The van der Waals surface area contributed by atoms with E-state index in [1.165, 1.54) is 0 Å². The molecule has 1 aliphatic rings. The van der Waals surface area contributed by atoms with E-state index in [4.69, 9.17) is 13.7 Å². The molecule has 174 valence electrons. The van der Waals surface area contributed by atoms with E-state index in [0.29, 0.717) is 28.7 Å². The van der Waals surface area contributed by atoms with Crippen LogP contribution in [0.15, 0.2) is 0 Å². The molecule has 1 rings (SSSR count). The van der Waals surface area contributed by atoms with Gasteiger partial charge in [0, 0.05) is 12.1 Å². The van der Waals surface area contributed by atoms with Crippen molar-refractivity contribution in [2.45, 2.75) is 143 Å². The first-order valence-electron chi connectivity index (χ1n) is 11.8. The van der Waals surface area contributed by atoms with Crippen molar-refractivity contribution >= 4 is 16.6 Å². The molecule has 0 amide bonds. The first-order valence-corrected chi connectivity index (χ1v) is 15.6. The van der Waals surface area contributed by atoms with Crippen LogP contribution in [0.25, 0.3) is 0 Å². The first-order chi connectivity index (χ1) is 13.3. The monoisotopic (exact) mass is 447 g/mol. The van der Waals surface area contributed by atoms with Crippen LogP contribution in [0, 0.1) is 0 Å². The molecule has 0 aromatic heterocycles. The van der Waals surface area contributed by atoms with E-state index in [0.717, 1.165) is 6.42 Å². The van der Waals surface area contributed by atoms with E-state index in [2.05, 4.69) is 94.4 Å². The lowest BCUT2D eigenvalue weighted by Gasteiger charge is -2.46. The molecule has 0 spiro atoms. The molecule has 0 saturated carbocycles. The number of ether oxygens (including phenoxy) is 1. The van der Waals surface area contributed by atoms with Crippen LogP contribution in [-0.4, -0.2) is 56.2 Å². The Hall–Kier alpha value is 0.487. The molecule has 0 aromatic carbocycles. The van der Waals surface area contributed by atoms with Gasteiger partial charge in [0.1, 0.15) is 20.5 Å². The number of hydrogen-bond acceptors (Lipinski definition) is 4. The summed E-state index contributed by atoms with van der Waals surface area (Å²) in [7, 11) is -2.72. The molecule has 6 heteroatoms. The zero-order valence-corrected chi connectivity index (χ0v) is 23.4. The van der Waals surface area contributed by atoms with Crippen LogP contribution >= 0.6 is 8.30 Å². The summed E-state index contributed by atoms with van der Waals surface area (Å²) in [6, 6.07) is 0.918. The molecule has 1 heterocycles. The van der Waals surface area contributed by atoms with Gasteiger partial charge in [-0.3, -0.25) is 4.67 Å². The summed E-state index contributed by atoms with van der Waals surface area (Å²) >= 11 is 0. The number of hydrogen-bond donors (Lipinski definition) is 0. The number of nitrogens with zero attached hydrogens (tertiary/aromatic N) is 1. The molecule has 1 fully saturated rings. The van der Waals surface area contributed by atoms with E-state index in [-0.39, 0.29) is 24.4 Å². The summed E-state index contributed by atoms with van der Waals surface area (Å²) in [4.78, 5) is 0. The maximum absolute atomic E-state index is 7.22. The summed E-state index contributed by atoms with van der Waals surface area (Å²) in [6.07, 6.45) is 1.17. The van der Waals surface area contributed by atoms with Crippen molar-refractivity contribution in [2.75, 3.05) is 6.66 Å². The first kappa shape index (κ1) is 27.5. The minimum absolute atomic E-state index is 0.00855. The van der Waals surface area contributed by atoms with Crippen molar-refractivity contribution < 1.29 is 13.7 Å². The van der Waals surface area contributed by atoms with Gasteiger partial charge in [-0.2, -0.15) is 0 Å². The van der Waals surface area contributed by atoms with Crippen LogP contribution in [0.1, 0.15) is 89.5 Å². The summed E-state index contributed by atoms with van der Waals surface area (Å²) < 4.78 is 22.9. The van der Waals surface area contributed by atoms with Crippen LogP contribution in [0.4, 0.5) is 0 Å². The Morgan fingerprint density at radius 3 is 1.66 bits per heavy atom. The average molecular weight is 448 g/mol. The summed E-state index contributed by atoms with van der Waals surface area (Å²) in [5.74, 6) is 0.